The molecule has 0 unspecified atom stereocenters. The number of nitrogens with one attached hydrogen (secondary N) is 1. The molecule has 0 bridgehead atoms. The quantitative estimate of drug-likeness (QED) is 0.629. The van der Waals surface area contributed by atoms with E-state index in [0.717, 1.165) is 5.69 Å². The summed E-state index contributed by atoms with van der Waals surface area (Å²) in [6, 6.07) is 9.91. The Labute approximate surface area is 55.0 Å². The van der Waals surface area contributed by atoms with Gasteiger partial charge in [0.2, 0.25) is 0 Å². The van der Waals surface area contributed by atoms with Gasteiger partial charge in [-0.3, -0.25) is 0 Å². The highest BCUT2D eigenvalue weighted by molar-refractivity contribution is 5.44. The van der Waals surface area contributed by atoms with Crippen molar-refractivity contribution in [1.29, 1.82) is 0 Å². The van der Waals surface area contributed by atoms with Crippen LogP contribution in [0.2, 0.25) is 0 Å². The van der Waals surface area contributed by atoms with E-state index in [2.05, 4.69) is 11.9 Å². The van der Waals surface area contributed by atoms with Crippen molar-refractivity contribution in [3.63, 3.8) is 0 Å². The van der Waals surface area contributed by atoms with E-state index >= 15 is 0 Å². The Morgan fingerprint density at radius 1 is 1.22 bits per heavy atom. The molecule has 0 fully saturated rings. The Morgan fingerprint density at radius 3 is 2.44 bits per heavy atom. The molecular weight excluding hydrogens is 110 g/mol. The fourth-order valence-electron chi connectivity index (χ4n) is 0.652. The van der Waals surface area contributed by atoms with E-state index in [1.807, 2.05) is 30.3 Å². The summed E-state index contributed by atoms with van der Waals surface area (Å²) in [6.07, 6.45) is 1.66. The molecule has 0 spiro atoms. The zero-order valence-corrected chi connectivity index (χ0v) is 5.17. The molecule has 1 aromatic carbocycles. The molecule has 0 amide bonds. The molecule has 1 heteroatoms. The highest BCUT2D eigenvalue weighted by Crippen LogP contribution is 2.03. The molecule has 0 aliphatic carbocycles. The first-order chi connectivity index (χ1) is 4.43. The van der Waals surface area contributed by atoms with Crippen LogP contribution in [0.3, 0.4) is 0 Å². The first-order valence-electron chi connectivity index (χ1n) is 2.86. The van der Waals surface area contributed by atoms with Crippen molar-refractivity contribution >= 4 is 5.69 Å². The molecule has 0 saturated carbocycles. The van der Waals surface area contributed by atoms with Gasteiger partial charge in [-0.05, 0) is 18.3 Å². The Morgan fingerprint density at radius 2 is 1.89 bits per heavy atom. The van der Waals surface area contributed by atoms with E-state index in [1.165, 1.54) is 0 Å². The van der Waals surface area contributed by atoms with E-state index in [-0.39, 0.29) is 0 Å². The third kappa shape index (κ3) is 1.61. The molecule has 1 N–H and O–H groups in total. The van der Waals surface area contributed by atoms with Crippen LogP contribution in [-0.4, -0.2) is 0 Å². The molecular formula is C8H9N. The zero-order valence-electron chi connectivity index (χ0n) is 5.17. The highest BCUT2D eigenvalue weighted by Gasteiger charge is 1.79. The molecule has 1 aromatic rings. The van der Waals surface area contributed by atoms with Crippen LogP contribution in [0.1, 0.15) is 0 Å². The molecule has 0 saturated heterocycles. The fourth-order valence-corrected chi connectivity index (χ4v) is 0.652. The second-order valence-corrected chi connectivity index (χ2v) is 1.71. The first kappa shape index (κ1) is 5.89. The van der Waals surface area contributed by atoms with Gasteiger partial charge in [-0.2, -0.15) is 0 Å². The maximum Gasteiger partial charge on any atom is 0.0379 e. The summed E-state index contributed by atoms with van der Waals surface area (Å²) in [4.78, 5) is 0. The normalized spacial score (nSPS) is 8.44. The average Bonchev–Trinajstić information content (AvgIpc) is 1.91. The number of rotatable bonds is 2. The third-order valence-corrected chi connectivity index (χ3v) is 1.04. The van der Waals surface area contributed by atoms with Crippen molar-refractivity contribution in [3.8, 4) is 0 Å². The largest absolute Gasteiger partial charge is 0.362 e. The molecule has 9 heavy (non-hydrogen) atoms. The van der Waals surface area contributed by atoms with Gasteiger partial charge in [-0.15, -0.1) is 0 Å². The van der Waals surface area contributed by atoms with Crippen molar-refractivity contribution in [3.05, 3.63) is 43.1 Å². The monoisotopic (exact) mass is 119 g/mol. The molecule has 0 aliphatic rings. The van der Waals surface area contributed by atoms with Crippen LogP contribution in [-0.2, 0) is 0 Å². The molecule has 0 heterocycles. The van der Waals surface area contributed by atoms with Gasteiger partial charge >= 0.3 is 0 Å². The lowest BCUT2D eigenvalue weighted by molar-refractivity contribution is 1.60. The van der Waals surface area contributed by atoms with Gasteiger partial charge in [-0.25, -0.2) is 0 Å². The highest BCUT2D eigenvalue weighted by atomic mass is 14.8. The lowest BCUT2D eigenvalue weighted by atomic mass is 10.3. The Balaban J connectivity index is 2.72. The van der Waals surface area contributed by atoms with Crippen LogP contribution in [0.25, 0.3) is 0 Å². The summed E-state index contributed by atoms with van der Waals surface area (Å²) in [5.74, 6) is 0. The Kier molecular flexibility index (Phi) is 1.91. The summed E-state index contributed by atoms with van der Waals surface area (Å²) in [6.45, 7) is 3.54. The summed E-state index contributed by atoms with van der Waals surface area (Å²) in [5, 5.41) is 2.97. The van der Waals surface area contributed by atoms with Crippen molar-refractivity contribution in [2.75, 3.05) is 5.32 Å². The predicted octanol–water partition coefficient (Wildman–Crippen LogP) is 2.24. The van der Waals surface area contributed by atoms with Gasteiger partial charge in [0.05, 0.1) is 0 Å². The van der Waals surface area contributed by atoms with Crippen LogP contribution >= 0.6 is 0 Å². The molecule has 0 aromatic heterocycles. The summed E-state index contributed by atoms with van der Waals surface area (Å²) < 4.78 is 0. The minimum atomic E-state index is 1.08. The van der Waals surface area contributed by atoms with E-state index in [4.69, 9.17) is 0 Å². The molecule has 46 valence electrons. The van der Waals surface area contributed by atoms with Crippen molar-refractivity contribution in [1.82, 2.24) is 0 Å². The van der Waals surface area contributed by atoms with Gasteiger partial charge in [0, 0.05) is 5.69 Å². The van der Waals surface area contributed by atoms with Crippen LogP contribution in [0.5, 0.6) is 0 Å². The number of anilines is 1. The molecule has 1 nitrogen and oxygen atoms in total. The fraction of sp³-hybridized carbons (Fsp3) is 0. The van der Waals surface area contributed by atoms with Crippen molar-refractivity contribution in [2.45, 2.75) is 0 Å². The van der Waals surface area contributed by atoms with E-state index in [1.54, 1.807) is 6.20 Å². The van der Waals surface area contributed by atoms with Crippen LogP contribution in [0.4, 0.5) is 5.69 Å². The standard InChI is InChI=1S/C8H9N/c1-2-9-8-6-4-3-5-7-8/h2-7,9H,1H2. The lowest BCUT2D eigenvalue weighted by Crippen LogP contribution is -1.82. The lowest BCUT2D eigenvalue weighted by Gasteiger charge is -1.95. The zero-order chi connectivity index (χ0) is 6.53. The molecule has 0 radical (unpaired) electrons. The van der Waals surface area contributed by atoms with Gasteiger partial charge in [0.25, 0.3) is 0 Å². The topological polar surface area (TPSA) is 12.0 Å². The maximum atomic E-state index is 3.54. The van der Waals surface area contributed by atoms with Crippen molar-refractivity contribution < 1.29 is 0 Å². The van der Waals surface area contributed by atoms with Crippen LogP contribution in [0.15, 0.2) is 43.1 Å². The van der Waals surface area contributed by atoms with Gasteiger partial charge in [0.1, 0.15) is 0 Å². The minimum absolute atomic E-state index is 1.08. The third-order valence-electron chi connectivity index (χ3n) is 1.04. The van der Waals surface area contributed by atoms with Crippen LogP contribution in [0, 0.1) is 0 Å². The number of benzene rings is 1. The number of hydrogen-bond acceptors (Lipinski definition) is 1. The van der Waals surface area contributed by atoms with E-state index in [0.29, 0.717) is 0 Å². The predicted molar refractivity (Wildman–Crippen MR) is 40.3 cm³/mol. The Bertz CT molecular complexity index is 179. The second kappa shape index (κ2) is 2.92. The van der Waals surface area contributed by atoms with E-state index in [9.17, 15) is 0 Å². The minimum Gasteiger partial charge on any atom is -0.362 e. The van der Waals surface area contributed by atoms with Gasteiger partial charge < -0.3 is 5.32 Å². The van der Waals surface area contributed by atoms with Crippen LogP contribution < -0.4 is 5.32 Å². The summed E-state index contributed by atoms with van der Waals surface area (Å²) in [5.41, 5.74) is 1.08. The molecule has 1 rings (SSSR count). The second-order valence-electron chi connectivity index (χ2n) is 1.71. The Hall–Kier alpha value is -1.24. The maximum absolute atomic E-state index is 3.54. The van der Waals surface area contributed by atoms with E-state index < -0.39 is 0 Å². The summed E-state index contributed by atoms with van der Waals surface area (Å²) in [7, 11) is 0. The molecule has 0 aliphatic heterocycles. The first-order valence-corrected chi connectivity index (χ1v) is 2.86. The van der Waals surface area contributed by atoms with Gasteiger partial charge in [0.15, 0.2) is 0 Å². The number of hydrogen-bond donors (Lipinski definition) is 1. The average molecular weight is 119 g/mol. The van der Waals surface area contributed by atoms with Gasteiger partial charge in [-0.1, -0.05) is 24.8 Å². The molecule has 0 atom stereocenters. The smallest absolute Gasteiger partial charge is 0.0379 e. The number of para-hydroxylation sites is 1. The summed E-state index contributed by atoms with van der Waals surface area (Å²) >= 11 is 0. The van der Waals surface area contributed by atoms with Crippen molar-refractivity contribution in [2.24, 2.45) is 0 Å². The SMILES string of the molecule is C=CNc1ccccc1.